The summed E-state index contributed by atoms with van der Waals surface area (Å²) in [4.78, 5) is 4.50. The van der Waals surface area contributed by atoms with Crippen LogP contribution in [-0.4, -0.2) is 85.9 Å². The Morgan fingerprint density at radius 1 is 1.19 bits per heavy atom. The second-order valence-electron chi connectivity index (χ2n) is 8.59. The molecule has 1 N–H and O–H groups in total. The fraction of sp³-hybridized carbons (Fsp3) is 0.625. The molecule has 1 saturated heterocycles. The maximum atomic E-state index is 10.6. The maximum Gasteiger partial charge on any atom is 0.232 e. The molecule has 0 amide bonds. The van der Waals surface area contributed by atoms with Crippen molar-refractivity contribution in [2.75, 3.05) is 69.5 Å². The zero-order chi connectivity index (χ0) is 22.8. The average molecular weight is 464 g/mol. The van der Waals surface area contributed by atoms with Crippen LogP contribution >= 0.6 is 11.8 Å². The summed E-state index contributed by atoms with van der Waals surface area (Å²) in [7, 11) is 1.70. The molecule has 3 rings (SSSR count). The minimum Gasteiger partial charge on any atom is -0.389 e. The van der Waals surface area contributed by atoms with E-state index in [2.05, 4.69) is 40.9 Å². The smallest absolute Gasteiger partial charge is 0.232 e. The van der Waals surface area contributed by atoms with E-state index >= 15 is 0 Å². The third-order valence-electron chi connectivity index (χ3n) is 5.34. The van der Waals surface area contributed by atoms with Crippen molar-refractivity contribution in [1.29, 1.82) is 0 Å². The number of benzene rings is 1. The number of ether oxygens (including phenoxy) is 2. The summed E-state index contributed by atoms with van der Waals surface area (Å²) >= 11 is 1.97. The summed E-state index contributed by atoms with van der Waals surface area (Å²) in [5.41, 5.74) is 2.97. The second-order valence-corrected chi connectivity index (χ2v) is 9.82. The number of rotatable bonds is 13. The van der Waals surface area contributed by atoms with E-state index in [1.54, 1.807) is 7.11 Å². The molecule has 0 radical (unpaired) electrons. The summed E-state index contributed by atoms with van der Waals surface area (Å²) in [5.74, 6) is 3.46. The predicted molar refractivity (Wildman–Crippen MR) is 130 cm³/mol. The van der Waals surface area contributed by atoms with Gasteiger partial charge in [0.1, 0.15) is 5.69 Å². The quantitative estimate of drug-likeness (QED) is 0.485. The molecular formula is C24H37N3O4S. The lowest BCUT2D eigenvalue weighted by molar-refractivity contribution is 0.00338. The van der Waals surface area contributed by atoms with Crippen LogP contribution in [0.25, 0.3) is 11.3 Å². The normalized spacial score (nSPS) is 15.6. The molecule has 1 atom stereocenters. The third-order valence-corrected chi connectivity index (χ3v) is 6.28. The van der Waals surface area contributed by atoms with Crippen molar-refractivity contribution in [1.82, 2.24) is 10.1 Å². The highest BCUT2D eigenvalue weighted by atomic mass is 32.2. The molecule has 178 valence electrons. The van der Waals surface area contributed by atoms with Gasteiger partial charge in [-0.15, -0.1) is 0 Å². The van der Waals surface area contributed by atoms with E-state index in [0.717, 1.165) is 47.3 Å². The Kier molecular flexibility index (Phi) is 10.3. The van der Waals surface area contributed by atoms with Crippen molar-refractivity contribution >= 4 is 17.6 Å². The molecule has 0 aliphatic carbocycles. The second kappa shape index (κ2) is 13.2. The fourth-order valence-corrected chi connectivity index (χ4v) is 4.65. The van der Waals surface area contributed by atoms with Gasteiger partial charge in [0.05, 0.1) is 24.9 Å². The van der Waals surface area contributed by atoms with Crippen molar-refractivity contribution in [2.24, 2.45) is 5.92 Å². The molecule has 0 unspecified atom stereocenters. The van der Waals surface area contributed by atoms with Gasteiger partial charge in [-0.3, -0.25) is 4.90 Å². The summed E-state index contributed by atoms with van der Waals surface area (Å²) in [6.07, 6.45) is -0.569. The average Bonchev–Trinajstić information content (AvgIpc) is 3.21. The van der Waals surface area contributed by atoms with Gasteiger partial charge < -0.3 is 24.0 Å². The monoisotopic (exact) mass is 463 g/mol. The number of hydrogen-bond donors (Lipinski definition) is 1. The first-order valence-corrected chi connectivity index (χ1v) is 12.6. The van der Waals surface area contributed by atoms with E-state index in [1.807, 2.05) is 30.0 Å². The maximum absolute atomic E-state index is 10.6. The molecule has 1 fully saturated rings. The van der Waals surface area contributed by atoms with E-state index < -0.39 is 6.10 Å². The first kappa shape index (κ1) is 25.1. The lowest BCUT2D eigenvalue weighted by atomic mass is 10.1. The number of hydrogen-bond acceptors (Lipinski definition) is 8. The van der Waals surface area contributed by atoms with Crippen molar-refractivity contribution in [3.63, 3.8) is 0 Å². The molecule has 0 bridgehead atoms. The number of anilines is 1. The van der Waals surface area contributed by atoms with E-state index in [0.29, 0.717) is 45.4 Å². The van der Waals surface area contributed by atoms with Crippen LogP contribution in [0.15, 0.2) is 34.9 Å². The van der Waals surface area contributed by atoms with Crippen LogP contribution in [0.2, 0.25) is 0 Å². The molecule has 2 heterocycles. The Morgan fingerprint density at radius 3 is 2.62 bits per heavy atom. The molecule has 1 aliphatic rings. The molecule has 7 nitrogen and oxygen atoms in total. The van der Waals surface area contributed by atoms with Crippen molar-refractivity contribution in [3.8, 4) is 11.3 Å². The standard InChI is InChI=1S/C24H37N3O4S/c1-19(2)17-30-18-21(28)15-26(9-12-29-3)16-22-23(20-7-5-4-6-8-20)25-31-24(22)27-10-13-32-14-11-27/h4-8,19,21,28H,9-18H2,1-3H3/t21-/m0/s1. The molecule has 32 heavy (non-hydrogen) atoms. The molecule has 0 spiro atoms. The first-order valence-electron chi connectivity index (χ1n) is 11.4. The number of thioether (sulfide) groups is 1. The van der Waals surface area contributed by atoms with Crippen molar-refractivity contribution in [2.45, 2.75) is 26.5 Å². The topological polar surface area (TPSA) is 71.2 Å². The Hall–Kier alpha value is -1.58. The highest BCUT2D eigenvalue weighted by Crippen LogP contribution is 2.33. The predicted octanol–water partition coefficient (Wildman–Crippen LogP) is 3.38. The number of methoxy groups -OCH3 is 1. The van der Waals surface area contributed by atoms with Crippen LogP contribution in [0, 0.1) is 5.92 Å². The number of aliphatic hydroxyl groups excluding tert-OH is 1. The Balaban J connectivity index is 1.80. The third kappa shape index (κ3) is 7.49. The summed E-state index contributed by atoms with van der Waals surface area (Å²) in [6.45, 7) is 9.49. The zero-order valence-corrected chi connectivity index (χ0v) is 20.4. The number of nitrogens with zero attached hydrogens (tertiary/aromatic N) is 3. The molecule has 1 aromatic heterocycles. The number of aliphatic hydroxyl groups is 1. The summed E-state index contributed by atoms with van der Waals surface area (Å²) in [5, 5.41) is 15.1. The lowest BCUT2D eigenvalue weighted by Gasteiger charge is -2.29. The van der Waals surface area contributed by atoms with Crippen LogP contribution in [0.3, 0.4) is 0 Å². The molecule has 8 heteroatoms. The Labute approximate surface area is 196 Å². The lowest BCUT2D eigenvalue weighted by Crippen LogP contribution is -2.38. The van der Waals surface area contributed by atoms with Gasteiger partial charge in [0, 0.05) is 63.5 Å². The van der Waals surface area contributed by atoms with Crippen molar-refractivity contribution < 1.29 is 19.1 Å². The fourth-order valence-electron chi connectivity index (χ4n) is 3.75. The summed E-state index contributed by atoms with van der Waals surface area (Å²) in [6, 6.07) is 10.2. The molecular weight excluding hydrogens is 426 g/mol. The van der Waals surface area contributed by atoms with Gasteiger partial charge in [0.25, 0.3) is 0 Å². The zero-order valence-electron chi connectivity index (χ0n) is 19.5. The molecule has 0 saturated carbocycles. The van der Waals surface area contributed by atoms with Gasteiger partial charge in [0.2, 0.25) is 5.88 Å². The van der Waals surface area contributed by atoms with E-state index in [1.165, 1.54) is 0 Å². The van der Waals surface area contributed by atoms with Crippen LogP contribution in [-0.2, 0) is 16.0 Å². The largest absolute Gasteiger partial charge is 0.389 e. The first-order chi connectivity index (χ1) is 15.6. The SMILES string of the molecule is COCCN(Cc1c(-c2ccccc2)noc1N1CCSCC1)C[C@H](O)COCC(C)C. The minimum atomic E-state index is -0.569. The Morgan fingerprint density at radius 2 is 1.94 bits per heavy atom. The molecule has 1 aromatic carbocycles. The van der Waals surface area contributed by atoms with Gasteiger partial charge in [-0.1, -0.05) is 49.3 Å². The van der Waals surface area contributed by atoms with Gasteiger partial charge in [-0.25, -0.2) is 0 Å². The van der Waals surface area contributed by atoms with Gasteiger partial charge in [-0.2, -0.15) is 11.8 Å². The Bertz CT molecular complexity index is 781. The molecule has 1 aliphatic heterocycles. The van der Waals surface area contributed by atoms with Crippen molar-refractivity contribution in [3.05, 3.63) is 35.9 Å². The van der Waals surface area contributed by atoms with Gasteiger partial charge >= 0.3 is 0 Å². The number of aromatic nitrogens is 1. The van der Waals surface area contributed by atoms with Crippen LogP contribution in [0.1, 0.15) is 19.4 Å². The van der Waals surface area contributed by atoms with Crippen LogP contribution < -0.4 is 4.90 Å². The van der Waals surface area contributed by atoms with E-state index in [4.69, 9.17) is 14.0 Å². The van der Waals surface area contributed by atoms with E-state index in [-0.39, 0.29) is 0 Å². The highest BCUT2D eigenvalue weighted by molar-refractivity contribution is 7.99. The van der Waals surface area contributed by atoms with Crippen LogP contribution in [0.4, 0.5) is 5.88 Å². The van der Waals surface area contributed by atoms with Gasteiger partial charge in [-0.05, 0) is 5.92 Å². The van der Waals surface area contributed by atoms with Gasteiger partial charge in [0.15, 0.2) is 0 Å². The molecule has 2 aromatic rings. The van der Waals surface area contributed by atoms with E-state index in [9.17, 15) is 5.11 Å². The minimum absolute atomic E-state index is 0.326. The summed E-state index contributed by atoms with van der Waals surface area (Å²) < 4.78 is 16.9. The highest BCUT2D eigenvalue weighted by Gasteiger charge is 2.26. The van der Waals surface area contributed by atoms with Crippen LogP contribution in [0.5, 0.6) is 0 Å².